The van der Waals surface area contributed by atoms with E-state index < -0.39 is 11.6 Å². The standard InChI is InChI=1S/C25H24O6/c26-24-13-19(22-11-17-3-1-4-18(17)12-23(22)31-24)14-30-25(27)16-6-8-20(9-7-16)29-15-21-5-2-10-28-21/h6-9,11-13,21H,1-5,10,14-15H2/t21-/m0/s1. The maximum Gasteiger partial charge on any atom is 0.338 e. The Hall–Kier alpha value is -3.12. The number of esters is 1. The van der Waals surface area contributed by atoms with E-state index in [0.29, 0.717) is 29.1 Å². The molecule has 160 valence electrons. The average Bonchev–Trinajstić information content (AvgIpc) is 3.46. The van der Waals surface area contributed by atoms with Crippen LogP contribution in [0.25, 0.3) is 11.0 Å². The normalized spacial score (nSPS) is 17.6. The van der Waals surface area contributed by atoms with E-state index in [1.54, 1.807) is 24.3 Å². The van der Waals surface area contributed by atoms with Gasteiger partial charge in [-0.25, -0.2) is 9.59 Å². The summed E-state index contributed by atoms with van der Waals surface area (Å²) >= 11 is 0. The first-order valence-electron chi connectivity index (χ1n) is 10.8. The number of hydrogen-bond acceptors (Lipinski definition) is 6. The summed E-state index contributed by atoms with van der Waals surface area (Å²) < 4.78 is 22.1. The van der Waals surface area contributed by atoms with Gasteiger partial charge in [-0.3, -0.25) is 0 Å². The summed E-state index contributed by atoms with van der Waals surface area (Å²) in [4.78, 5) is 24.5. The van der Waals surface area contributed by atoms with Gasteiger partial charge < -0.3 is 18.6 Å². The van der Waals surface area contributed by atoms with Crippen LogP contribution < -0.4 is 10.4 Å². The van der Waals surface area contributed by atoms with Crippen LogP contribution in [-0.2, 0) is 28.9 Å². The van der Waals surface area contributed by atoms with Crippen molar-refractivity contribution in [2.75, 3.05) is 13.2 Å². The van der Waals surface area contributed by atoms with Crippen LogP contribution >= 0.6 is 0 Å². The Morgan fingerprint density at radius 2 is 1.84 bits per heavy atom. The molecule has 6 nitrogen and oxygen atoms in total. The lowest BCUT2D eigenvalue weighted by molar-refractivity contribution is 0.0473. The van der Waals surface area contributed by atoms with E-state index in [-0.39, 0.29) is 12.7 Å². The molecule has 0 spiro atoms. The van der Waals surface area contributed by atoms with Crippen LogP contribution in [0.5, 0.6) is 5.75 Å². The number of benzene rings is 2. The summed E-state index contributed by atoms with van der Waals surface area (Å²) in [5.74, 6) is 0.237. The van der Waals surface area contributed by atoms with Crippen molar-refractivity contribution in [2.24, 2.45) is 0 Å². The molecule has 0 radical (unpaired) electrons. The fourth-order valence-corrected chi connectivity index (χ4v) is 4.29. The zero-order valence-electron chi connectivity index (χ0n) is 17.2. The van der Waals surface area contributed by atoms with Crippen molar-refractivity contribution >= 4 is 16.9 Å². The van der Waals surface area contributed by atoms with Gasteiger partial charge in [0.1, 0.15) is 24.5 Å². The summed E-state index contributed by atoms with van der Waals surface area (Å²) in [5, 5.41) is 0.825. The van der Waals surface area contributed by atoms with Gasteiger partial charge in [0.2, 0.25) is 0 Å². The lowest BCUT2D eigenvalue weighted by atomic mass is 10.0. The lowest BCUT2D eigenvalue weighted by Gasteiger charge is -2.12. The van der Waals surface area contributed by atoms with Gasteiger partial charge in [-0.05, 0) is 79.6 Å². The van der Waals surface area contributed by atoms with Crippen LogP contribution in [0.15, 0.2) is 51.7 Å². The van der Waals surface area contributed by atoms with Gasteiger partial charge in [0, 0.05) is 23.6 Å². The summed E-state index contributed by atoms with van der Waals surface area (Å²) in [6.07, 6.45) is 5.35. The Balaban J connectivity index is 1.26. The first-order valence-corrected chi connectivity index (χ1v) is 10.8. The molecule has 2 aliphatic rings. The van der Waals surface area contributed by atoms with Crippen LogP contribution in [0.2, 0.25) is 0 Å². The summed E-state index contributed by atoms with van der Waals surface area (Å²) in [6, 6.07) is 12.3. The molecule has 5 rings (SSSR count). The van der Waals surface area contributed by atoms with Crippen LogP contribution in [0.1, 0.15) is 46.3 Å². The second-order valence-electron chi connectivity index (χ2n) is 8.11. The zero-order valence-corrected chi connectivity index (χ0v) is 17.2. The Morgan fingerprint density at radius 3 is 2.61 bits per heavy atom. The van der Waals surface area contributed by atoms with E-state index in [2.05, 4.69) is 6.07 Å². The predicted octanol–water partition coefficient (Wildman–Crippen LogP) is 4.20. The fraction of sp³-hybridized carbons (Fsp3) is 0.360. The Bertz CT molecular complexity index is 1160. The quantitative estimate of drug-likeness (QED) is 0.440. The largest absolute Gasteiger partial charge is 0.491 e. The molecule has 1 aliphatic carbocycles. The molecule has 1 saturated heterocycles. The van der Waals surface area contributed by atoms with Crippen molar-refractivity contribution in [1.29, 1.82) is 0 Å². The number of carbonyl (C=O) groups excluding carboxylic acids is 1. The SMILES string of the molecule is O=C(OCc1cc(=O)oc2cc3c(cc12)CCC3)c1ccc(OC[C@@H]2CCCO2)cc1. The van der Waals surface area contributed by atoms with E-state index in [9.17, 15) is 9.59 Å². The smallest absolute Gasteiger partial charge is 0.338 e. The monoisotopic (exact) mass is 420 g/mol. The molecule has 1 fully saturated rings. The number of fused-ring (bicyclic) bond motifs is 2. The molecule has 31 heavy (non-hydrogen) atoms. The number of hydrogen-bond donors (Lipinski definition) is 0. The molecule has 1 aliphatic heterocycles. The highest BCUT2D eigenvalue weighted by molar-refractivity contribution is 5.90. The number of rotatable bonds is 6. The molecule has 0 saturated carbocycles. The van der Waals surface area contributed by atoms with E-state index in [0.717, 1.165) is 44.1 Å². The van der Waals surface area contributed by atoms with E-state index in [1.807, 2.05) is 6.07 Å². The maximum atomic E-state index is 12.5. The molecule has 1 aromatic heterocycles. The molecule has 6 heteroatoms. The lowest BCUT2D eigenvalue weighted by Crippen LogP contribution is -2.16. The second-order valence-corrected chi connectivity index (χ2v) is 8.11. The van der Waals surface area contributed by atoms with E-state index in [1.165, 1.54) is 17.2 Å². The first kappa shape index (κ1) is 19.8. The highest BCUT2D eigenvalue weighted by Crippen LogP contribution is 2.29. The third-order valence-corrected chi connectivity index (χ3v) is 5.95. The summed E-state index contributed by atoms with van der Waals surface area (Å²) in [6.45, 7) is 1.31. The molecule has 3 aromatic rings. The van der Waals surface area contributed by atoms with E-state index in [4.69, 9.17) is 18.6 Å². The highest BCUT2D eigenvalue weighted by Gasteiger charge is 2.17. The third-order valence-electron chi connectivity index (χ3n) is 5.95. The molecule has 1 atom stereocenters. The molecule has 0 amide bonds. The highest BCUT2D eigenvalue weighted by atomic mass is 16.5. The minimum Gasteiger partial charge on any atom is -0.491 e. The zero-order chi connectivity index (χ0) is 21.2. The minimum absolute atomic E-state index is 0.0109. The average molecular weight is 420 g/mol. The molecular weight excluding hydrogens is 396 g/mol. The fourth-order valence-electron chi connectivity index (χ4n) is 4.29. The van der Waals surface area contributed by atoms with Crippen molar-refractivity contribution in [1.82, 2.24) is 0 Å². The Labute approximate surface area is 179 Å². The number of ether oxygens (including phenoxy) is 3. The Kier molecular flexibility index (Phi) is 5.47. The van der Waals surface area contributed by atoms with Crippen LogP contribution in [-0.4, -0.2) is 25.3 Å². The van der Waals surface area contributed by atoms with Crippen molar-refractivity contribution in [2.45, 2.75) is 44.8 Å². The molecule has 2 heterocycles. The predicted molar refractivity (Wildman–Crippen MR) is 115 cm³/mol. The minimum atomic E-state index is -0.451. The molecule has 2 aromatic carbocycles. The van der Waals surface area contributed by atoms with Crippen molar-refractivity contribution in [3.05, 3.63) is 75.1 Å². The van der Waals surface area contributed by atoms with Gasteiger partial charge in [-0.15, -0.1) is 0 Å². The Morgan fingerprint density at radius 1 is 1.03 bits per heavy atom. The maximum absolute atomic E-state index is 12.5. The van der Waals surface area contributed by atoms with Gasteiger partial charge in [0.15, 0.2) is 0 Å². The van der Waals surface area contributed by atoms with Crippen LogP contribution in [0.3, 0.4) is 0 Å². The first-order chi connectivity index (χ1) is 15.2. The van der Waals surface area contributed by atoms with Gasteiger partial charge in [0.25, 0.3) is 0 Å². The molecule has 0 N–H and O–H groups in total. The van der Waals surface area contributed by atoms with Crippen molar-refractivity contribution < 1.29 is 23.4 Å². The van der Waals surface area contributed by atoms with Gasteiger partial charge in [-0.1, -0.05) is 0 Å². The summed E-state index contributed by atoms with van der Waals surface area (Å²) in [5.41, 5.74) is 3.69. The van der Waals surface area contributed by atoms with Crippen LogP contribution in [0.4, 0.5) is 0 Å². The molecular formula is C25H24O6. The molecule has 0 unspecified atom stereocenters. The van der Waals surface area contributed by atoms with Crippen LogP contribution in [0, 0.1) is 0 Å². The third kappa shape index (κ3) is 4.35. The van der Waals surface area contributed by atoms with Crippen molar-refractivity contribution in [3.63, 3.8) is 0 Å². The second kappa shape index (κ2) is 8.55. The van der Waals surface area contributed by atoms with E-state index >= 15 is 0 Å². The summed E-state index contributed by atoms with van der Waals surface area (Å²) in [7, 11) is 0. The van der Waals surface area contributed by atoms with Gasteiger partial charge >= 0.3 is 11.6 Å². The molecule has 0 bridgehead atoms. The van der Waals surface area contributed by atoms with Crippen molar-refractivity contribution in [3.8, 4) is 5.75 Å². The van der Waals surface area contributed by atoms with Gasteiger partial charge in [0.05, 0.1) is 11.7 Å². The number of carbonyl (C=O) groups is 1. The number of aryl methyl sites for hydroxylation is 2. The van der Waals surface area contributed by atoms with Gasteiger partial charge in [-0.2, -0.15) is 0 Å². The topological polar surface area (TPSA) is 75.0 Å².